The Kier molecular flexibility index (Phi) is 5.36. The summed E-state index contributed by atoms with van der Waals surface area (Å²) >= 11 is 5.11. The van der Waals surface area contributed by atoms with Crippen molar-refractivity contribution >= 4 is 44.8 Å². The molecule has 0 aliphatic carbocycles. The monoisotopic (exact) mass is 406 g/mol. The second kappa shape index (κ2) is 7.49. The molecule has 1 atom stereocenters. The smallest absolute Gasteiger partial charge is 0.244 e. The Bertz CT molecular complexity index is 745. The molecule has 2 heterocycles. The van der Waals surface area contributed by atoms with E-state index in [1.54, 1.807) is 16.2 Å². The molecule has 4 nitrogen and oxygen atoms in total. The molecule has 0 spiro atoms. The first-order valence-corrected chi connectivity index (χ1v) is 9.69. The number of hydrogen-bond donors (Lipinski definition) is 1. The van der Waals surface area contributed by atoms with Gasteiger partial charge in [0, 0.05) is 27.0 Å². The summed E-state index contributed by atoms with van der Waals surface area (Å²) in [5.74, 6) is -0.124. The molecule has 1 aliphatic heterocycles. The number of amides is 2. The summed E-state index contributed by atoms with van der Waals surface area (Å²) in [6.07, 6.45) is 2.26. The Morgan fingerprint density at radius 2 is 2.25 bits per heavy atom. The lowest BCUT2D eigenvalue weighted by Crippen LogP contribution is -2.38. The molecule has 0 saturated heterocycles. The maximum Gasteiger partial charge on any atom is 0.244 e. The van der Waals surface area contributed by atoms with E-state index in [0.29, 0.717) is 6.42 Å². The molecule has 1 aromatic carbocycles. The van der Waals surface area contributed by atoms with Crippen molar-refractivity contribution in [3.8, 4) is 0 Å². The van der Waals surface area contributed by atoms with E-state index in [0.717, 1.165) is 33.4 Å². The van der Waals surface area contributed by atoms with Gasteiger partial charge >= 0.3 is 0 Å². The molecule has 0 fully saturated rings. The second-order valence-electron chi connectivity index (χ2n) is 5.82. The summed E-state index contributed by atoms with van der Waals surface area (Å²) in [5.41, 5.74) is 1.72. The number of nitrogens with one attached hydrogen (secondary N) is 1. The number of nitrogens with zero attached hydrogens (tertiary/aromatic N) is 1. The number of fused-ring (bicyclic) bond motifs is 1. The molecule has 6 heteroatoms. The normalized spacial score (nSPS) is 17.2. The predicted octanol–water partition coefficient (Wildman–Crippen LogP) is 4.57. The molecule has 24 heavy (non-hydrogen) atoms. The van der Waals surface area contributed by atoms with Crippen LogP contribution in [0.25, 0.3) is 0 Å². The highest BCUT2D eigenvalue weighted by Crippen LogP contribution is 2.39. The zero-order valence-electron chi connectivity index (χ0n) is 13.4. The molecule has 1 aliphatic rings. The number of unbranched alkanes of at least 4 members (excludes halogenated alkanes) is 1. The van der Waals surface area contributed by atoms with Crippen LogP contribution in [0.5, 0.6) is 0 Å². The van der Waals surface area contributed by atoms with Crippen LogP contribution in [-0.4, -0.2) is 23.3 Å². The highest BCUT2D eigenvalue weighted by Gasteiger charge is 2.33. The Balaban J connectivity index is 2.09. The quantitative estimate of drug-likeness (QED) is 0.807. The minimum atomic E-state index is -0.235. The molecule has 1 aromatic heterocycles. The van der Waals surface area contributed by atoms with Crippen molar-refractivity contribution in [2.45, 2.75) is 32.2 Å². The van der Waals surface area contributed by atoms with E-state index in [-0.39, 0.29) is 24.4 Å². The van der Waals surface area contributed by atoms with Gasteiger partial charge in [0.15, 0.2) is 0 Å². The van der Waals surface area contributed by atoms with Crippen molar-refractivity contribution in [2.24, 2.45) is 0 Å². The van der Waals surface area contributed by atoms with Crippen molar-refractivity contribution in [3.05, 3.63) is 50.6 Å². The van der Waals surface area contributed by atoms with E-state index in [9.17, 15) is 9.59 Å². The van der Waals surface area contributed by atoms with Crippen LogP contribution in [0.2, 0.25) is 0 Å². The fourth-order valence-corrected chi connectivity index (χ4v) is 4.17. The van der Waals surface area contributed by atoms with Crippen LogP contribution in [0.3, 0.4) is 0 Å². The third-order valence-electron chi connectivity index (χ3n) is 4.09. The molecule has 1 N–H and O–H groups in total. The molecule has 0 saturated carbocycles. The summed E-state index contributed by atoms with van der Waals surface area (Å²) < 4.78 is 0.930. The molecule has 2 aromatic rings. The van der Waals surface area contributed by atoms with Crippen molar-refractivity contribution in [2.75, 3.05) is 11.9 Å². The van der Waals surface area contributed by atoms with Gasteiger partial charge < -0.3 is 10.2 Å². The molecular formula is C18H19BrN2O2S. The summed E-state index contributed by atoms with van der Waals surface area (Å²) in [6, 6.07) is 9.55. The molecule has 3 rings (SSSR count). The Morgan fingerprint density at radius 3 is 2.96 bits per heavy atom. The molecule has 0 radical (unpaired) electrons. The number of benzene rings is 1. The summed E-state index contributed by atoms with van der Waals surface area (Å²) in [7, 11) is 0. The zero-order valence-corrected chi connectivity index (χ0v) is 15.8. The Morgan fingerprint density at radius 1 is 1.42 bits per heavy atom. The number of halogens is 1. The van der Waals surface area contributed by atoms with Crippen LogP contribution < -0.4 is 5.32 Å². The van der Waals surface area contributed by atoms with Gasteiger partial charge in [-0.15, -0.1) is 11.3 Å². The number of thiophene rings is 1. The van der Waals surface area contributed by atoms with Crippen LogP contribution in [0.1, 0.15) is 42.7 Å². The molecule has 1 unspecified atom stereocenters. The van der Waals surface area contributed by atoms with E-state index in [1.807, 2.05) is 35.7 Å². The summed E-state index contributed by atoms with van der Waals surface area (Å²) in [6.45, 7) is 2.14. The SMILES string of the molecule is CCCCC(=O)N1CC(=O)Nc2ccc(Br)cc2C1c1cccs1. The maximum absolute atomic E-state index is 12.8. The molecule has 2 amide bonds. The van der Waals surface area contributed by atoms with Gasteiger partial charge in [0.1, 0.15) is 6.54 Å². The fourth-order valence-electron chi connectivity index (χ4n) is 2.93. The van der Waals surface area contributed by atoms with E-state index < -0.39 is 0 Å². The van der Waals surface area contributed by atoms with Crippen LogP contribution in [-0.2, 0) is 9.59 Å². The first-order chi connectivity index (χ1) is 11.6. The number of carbonyl (C=O) groups excluding carboxylic acids is 2. The highest BCUT2D eigenvalue weighted by molar-refractivity contribution is 9.10. The fraction of sp³-hybridized carbons (Fsp3) is 0.333. The van der Waals surface area contributed by atoms with E-state index >= 15 is 0 Å². The standard InChI is InChI=1S/C18H19BrN2O2S/c1-2-3-6-17(23)21-11-16(22)20-14-8-7-12(19)10-13(14)18(21)15-5-4-9-24-15/h4-5,7-10,18H,2-3,6,11H2,1H3,(H,20,22). The molecule has 0 bridgehead atoms. The van der Waals surface area contributed by atoms with Gasteiger partial charge in [-0.1, -0.05) is 35.3 Å². The van der Waals surface area contributed by atoms with Gasteiger partial charge in [0.2, 0.25) is 11.8 Å². The van der Waals surface area contributed by atoms with E-state index in [4.69, 9.17) is 0 Å². The number of rotatable bonds is 4. The first kappa shape index (κ1) is 17.2. The minimum absolute atomic E-state index is 0.0261. The molecule has 126 valence electrons. The second-order valence-corrected chi connectivity index (χ2v) is 7.72. The van der Waals surface area contributed by atoms with Gasteiger partial charge in [0.05, 0.1) is 6.04 Å². The average Bonchev–Trinajstić information content (AvgIpc) is 3.03. The van der Waals surface area contributed by atoms with Crippen LogP contribution >= 0.6 is 27.3 Å². The van der Waals surface area contributed by atoms with Gasteiger partial charge in [-0.25, -0.2) is 0 Å². The zero-order chi connectivity index (χ0) is 17.1. The largest absolute Gasteiger partial charge is 0.324 e. The van der Waals surface area contributed by atoms with Crippen LogP contribution in [0.4, 0.5) is 5.69 Å². The van der Waals surface area contributed by atoms with E-state index in [2.05, 4.69) is 28.2 Å². The molecular weight excluding hydrogens is 388 g/mol. The van der Waals surface area contributed by atoms with Crippen molar-refractivity contribution in [1.82, 2.24) is 4.90 Å². The number of carbonyl (C=O) groups is 2. The van der Waals surface area contributed by atoms with Gasteiger partial charge in [-0.3, -0.25) is 9.59 Å². The third kappa shape index (κ3) is 3.54. The number of anilines is 1. The number of hydrogen-bond acceptors (Lipinski definition) is 3. The predicted molar refractivity (Wildman–Crippen MR) is 100 cm³/mol. The van der Waals surface area contributed by atoms with Crippen LogP contribution in [0.15, 0.2) is 40.2 Å². The summed E-state index contributed by atoms with van der Waals surface area (Å²) in [4.78, 5) is 27.9. The minimum Gasteiger partial charge on any atom is -0.324 e. The lowest BCUT2D eigenvalue weighted by atomic mass is 10.0. The van der Waals surface area contributed by atoms with E-state index in [1.165, 1.54) is 0 Å². The third-order valence-corrected chi connectivity index (χ3v) is 5.50. The van der Waals surface area contributed by atoms with Crippen molar-refractivity contribution in [3.63, 3.8) is 0 Å². The topological polar surface area (TPSA) is 49.4 Å². The first-order valence-electron chi connectivity index (χ1n) is 8.02. The Hall–Kier alpha value is -1.66. The van der Waals surface area contributed by atoms with Crippen molar-refractivity contribution < 1.29 is 9.59 Å². The lowest BCUT2D eigenvalue weighted by molar-refractivity contribution is -0.136. The van der Waals surface area contributed by atoms with Gasteiger partial charge in [-0.05, 0) is 36.1 Å². The van der Waals surface area contributed by atoms with Gasteiger partial charge in [0.25, 0.3) is 0 Å². The highest BCUT2D eigenvalue weighted by atomic mass is 79.9. The lowest BCUT2D eigenvalue weighted by Gasteiger charge is -2.29. The average molecular weight is 407 g/mol. The van der Waals surface area contributed by atoms with Gasteiger partial charge in [-0.2, -0.15) is 0 Å². The van der Waals surface area contributed by atoms with Crippen molar-refractivity contribution in [1.29, 1.82) is 0 Å². The Labute approximate surface area is 154 Å². The maximum atomic E-state index is 12.8. The van der Waals surface area contributed by atoms with Crippen LogP contribution in [0, 0.1) is 0 Å². The summed E-state index contributed by atoms with van der Waals surface area (Å²) in [5, 5.41) is 4.94.